The number of unbranched alkanes of at least 4 members (excludes halogenated alkanes) is 2. The lowest BCUT2D eigenvalue weighted by molar-refractivity contribution is -0.119. The number of tetrazole rings is 1. The van der Waals surface area contributed by atoms with Crippen molar-refractivity contribution in [3.63, 3.8) is 0 Å². The first-order valence-corrected chi connectivity index (χ1v) is 9.37. The van der Waals surface area contributed by atoms with Crippen LogP contribution in [0.15, 0.2) is 29.4 Å². The molecule has 7 heteroatoms. The lowest BCUT2D eigenvalue weighted by Crippen LogP contribution is -2.33. The highest BCUT2D eigenvalue weighted by Crippen LogP contribution is 2.20. The fourth-order valence-corrected chi connectivity index (χ4v) is 3.14. The van der Waals surface area contributed by atoms with Crippen LogP contribution in [0.1, 0.15) is 45.1 Å². The van der Waals surface area contributed by atoms with Gasteiger partial charge in [-0.15, -0.1) is 5.10 Å². The van der Waals surface area contributed by atoms with Crippen molar-refractivity contribution >= 4 is 17.7 Å². The molecule has 1 N–H and O–H groups in total. The summed E-state index contributed by atoms with van der Waals surface area (Å²) in [6.45, 7) is 6.24. The third-order valence-electron chi connectivity index (χ3n) is 3.76. The van der Waals surface area contributed by atoms with Gasteiger partial charge in [-0.3, -0.25) is 4.79 Å². The van der Waals surface area contributed by atoms with Crippen molar-refractivity contribution in [2.75, 3.05) is 5.75 Å². The molecule has 1 heterocycles. The Balaban J connectivity index is 1.88. The third kappa shape index (κ3) is 5.33. The predicted octanol–water partition coefficient (Wildman–Crippen LogP) is 3.15. The van der Waals surface area contributed by atoms with Crippen LogP contribution in [0, 0.1) is 6.92 Å². The standard InChI is InChI=1S/C17H25N5OS/c1-4-5-6-10-14(3)18-16(23)12-24-17-19-20-21-22(17)15-11-8-7-9-13(15)2/h7-9,11,14H,4-6,10,12H2,1-3H3,(H,18,23)/t14-/m0/s1. The lowest BCUT2D eigenvalue weighted by atomic mass is 10.1. The highest BCUT2D eigenvalue weighted by Gasteiger charge is 2.13. The summed E-state index contributed by atoms with van der Waals surface area (Å²) in [5, 5.41) is 15.5. The second kappa shape index (κ2) is 9.42. The van der Waals surface area contributed by atoms with Crippen molar-refractivity contribution < 1.29 is 4.79 Å². The number of amides is 1. The zero-order valence-electron chi connectivity index (χ0n) is 14.5. The van der Waals surface area contributed by atoms with E-state index in [-0.39, 0.29) is 11.9 Å². The van der Waals surface area contributed by atoms with Crippen LogP contribution in [0.4, 0.5) is 0 Å². The molecule has 2 rings (SSSR count). The van der Waals surface area contributed by atoms with Gasteiger partial charge in [0.15, 0.2) is 0 Å². The Hall–Kier alpha value is -1.89. The average Bonchev–Trinajstić information content (AvgIpc) is 3.02. The monoisotopic (exact) mass is 347 g/mol. The Morgan fingerprint density at radius 2 is 2.12 bits per heavy atom. The molecule has 1 aromatic carbocycles. The highest BCUT2D eigenvalue weighted by atomic mass is 32.2. The van der Waals surface area contributed by atoms with E-state index in [0.717, 1.165) is 24.1 Å². The number of thioether (sulfide) groups is 1. The number of carbonyl (C=O) groups excluding carboxylic acids is 1. The molecular weight excluding hydrogens is 322 g/mol. The van der Waals surface area contributed by atoms with Gasteiger partial charge in [0, 0.05) is 6.04 Å². The van der Waals surface area contributed by atoms with Gasteiger partial charge in [0.25, 0.3) is 0 Å². The van der Waals surface area contributed by atoms with Crippen LogP contribution < -0.4 is 5.32 Å². The summed E-state index contributed by atoms with van der Waals surface area (Å²) in [5.41, 5.74) is 2.01. The van der Waals surface area contributed by atoms with E-state index >= 15 is 0 Å². The van der Waals surface area contributed by atoms with Crippen molar-refractivity contribution in [2.24, 2.45) is 0 Å². The summed E-state index contributed by atoms with van der Waals surface area (Å²) in [4.78, 5) is 12.1. The Bertz CT molecular complexity index is 658. The molecule has 0 spiro atoms. The van der Waals surface area contributed by atoms with Crippen molar-refractivity contribution in [3.8, 4) is 5.69 Å². The van der Waals surface area contributed by atoms with Crippen LogP contribution in [0.25, 0.3) is 5.69 Å². The van der Waals surface area contributed by atoms with Crippen molar-refractivity contribution in [1.82, 2.24) is 25.5 Å². The van der Waals surface area contributed by atoms with Crippen molar-refractivity contribution in [1.29, 1.82) is 0 Å². The van der Waals surface area contributed by atoms with Crippen molar-refractivity contribution in [3.05, 3.63) is 29.8 Å². The fourth-order valence-electron chi connectivity index (χ4n) is 2.44. The van der Waals surface area contributed by atoms with Crippen LogP contribution >= 0.6 is 11.8 Å². The normalized spacial score (nSPS) is 12.1. The number of hydrogen-bond donors (Lipinski definition) is 1. The first-order valence-electron chi connectivity index (χ1n) is 8.38. The minimum Gasteiger partial charge on any atom is -0.353 e. The quantitative estimate of drug-likeness (QED) is 0.557. The van der Waals surface area contributed by atoms with Crippen molar-refractivity contribution in [2.45, 2.75) is 57.7 Å². The Morgan fingerprint density at radius 1 is 1.33 bits per heavy atom. The van der Waals surface area contributed by atoms with Crippen LogP contribution in [0.2, 0.25) is 0 Å². The van der Waals surface area contributed by atoms with Gasteiger partial charge in [-0.25, -0.2) is 0 Å². The van der Waals surface area contributed by atoms with Gasteiger partial charge in [0.05, 0.1) is 11.4 Å². The van der Waals surface area contributed by atoms with Gasteiger partial charge in [-0.2, -0.15) is 4.68 Å². The molecule has 130 valence electrons. The number of para-hydroxylation sites is 1. The minimum atomic E-state index is 0.0170. The number of nitrogens with one attached hydrogen (secondary N) is 1. The summed E-state index contributed by atoms with van der Waals surface area (Å²) >= 11 is 1.35. The van der Waals surface area contributed by atoms with Crippen LogP contribution in [0.3, 0.4) is 0 Å². The van der Waals surface area contributed by atoms with E-state index in [1.807, 2.05) is 31.2 Å². The van der Waals surface area contributed by atoms with Gasteiger partial charge < -0.3 is 5.32 Å². The molecule has 0 bridgehead atoms. The molecule has 0 aliphatic rings. The van der Waals surface area contributed by atoms with Gasteiger partial charge in [0.2, 0.25) is 11.1 Å². The molecule has 1 aromatic heterocycles. The van der Waals surface area contributed by atoms with Crippen LogP contribution in [-0.4, -0.2) is 37.9 Å². The van der Waals surface area contributed by atoms with Gasteiger partial charge in [-0.1, -0.05) is 56.1 Å². The molecule has 0 saturated carbocycles. The van der Waals surface area contributed by atoms with E-state index in [2.05, 4.69) is 34.7 Å². The summed E-state index contributed by atoms with van der Waals surface area (Å²) < 4.78 is 1.68. The smallest absolute Gasteiger partial charge is 0.230 e. The second-order valence-electron chi connectivity index (χ2n) is 5.91. The van der Waals surface area contributed by atoms with E-state index in [9.17, 15) is 4.79 Å². The Morgan fingerprint density at radius 3 is 2.88 bits per heavy atom. The van der Waals surface area contributed by atoms with Gasteiger partial charge >= 0.3 is 0 Å². The summed E-state index contributed by atoms with van der Waals surface area (Å²) in [6.07, 6.45) is 4.57. The SMILES string of the molecule is CCCCC[C@H](C)NC(=O)CSc1nnnn1-c1ccccc1C. The number of nitrogens with zero attached hydrogens (tertiary/aromatic N) is 4. The molecule has 0 aliphatic carbocycles. The topological polar surface area (TPSA) is 72.7 Å². The Kier molecular flexibility index (Phi) is 7.24. The molecule has 2 aromatic rings. The van der Waals surface area contributed by atoms with Gasteiger partial charge in [0.1, 0.15) is 0 Å². The third-order valence-corrected chi connectivity index (χ3v) is 4.68. The minimum absolute atomic E-state index is 0.0170. The summed E-state index contributed by atoms with van der Waals surface area (Å²) in [6, 6.07) is 8.10. The molecule has 1 atom stereocenters. The van der Waals surface area contributed by atoms with E-state index in [1.54, 1.807) is 4.68 Å². The number of rotatable bonds is 9. The lowest BCUT2D eigenvalue weighted by Gasteiger charge is -2.13. The number of aryl methyl sites for hydroxylation is 1. The van der Waals surface area contributed by atoms with E-state index in [1.165, 1.54) is 24.6 Å². The molecule has 24 heavy (non-hydrogen) atoms. The van der Waals surface area contributed by atoms with Crippen LogP contribution in [0.5, 0.6) is 0 Å². The number of benzene rings is 1. The van der Waals surface area contributed by atoms with Crippen LogP contribution in [-0.2, 0) is 4.79 Å². The highest BCUT2D eigenvalue weighted by molar-refractivity contribution is 7.99. The molecule has 0 aliphatic heterocycles. The first-order chi connectivity index (χ1) is 11.6. The average molecular weight is 347 g/mol. The maximum Gasteiger partial charge on any atom is 0.230 e. The van der Waals surface area contributed by atoms with E-state index in [0.29, 0.717) is 10.9 Å². The molecule has 0 unspecified atom stereocenters. The molecule has 0 fully saturated rings. The molecule has 6 nitrogen and oxygen atoms in total. The van der Waals surface area contributed by atoms with Gasteiger partial charge in [-0.05, 0) is 42.3 Å². The molecular formula is C17H25N5OS. The number of carbonyl (C=O) groups is 1. The second-order valence-corrected chi connectivity index (χ2v) is 6.86. The van der Waals surface area contributed by atoms with E-state index < -0.39 is 0 Å². The first kappa shape index (κ1) is 18.4. The maximum absolute atomic E-state index is 12.1. The summed E-state index contributed by atoms with van der Waals surface area (Å²) in [7, 11) is 0. The summed E-state index contributed by atoms with van der Waals surface area (Å²) in [5.74, 6) is 0.327. The molecule has 0 saturated heterocycles. The Labute approximate surface area is 147 Å². The zero-order valence-corrected chi connectivity index (χ0v) is 15.3. The zero-order chi connectivity index (χ0) is 17.4. The molecule has 0 radical (unpaired) electrons. The number of aromatic nitrogens is 4. The molecule has 1 amide bonds. The fraction of sp³-hybridized carbons (Fsp3) is 0.529. The van der Waals surface area contributed by atoms with E-state index in [4.69, 9.17) is 0 Å². The predicted molar refractivity (Wildman–Crippen MR) is 96.4 cm³/mol. The largest absolute Gasteiger partial charge is 0.353 e. The number of hydrogen-bond acceptors (Lipinski definition) is 5. The maximum atomic E-state index is 12.1.